The van der Waals surface area contributed by atoms with Crippen molar-refractivity contribution in [1.82, 2.24) is 9.75 Å². The largest absolute Gasteiger partial charge is 0.343 e. The number of hydrogen-bond donors (Lipinski definition) is 1. The maximum atomic E-state index is 13.0. The molecule has 0 aromatic rings. The van der Waals surface area contributed by atoms with E-state index in [2.05, 4.69) is 0 Å². The molecule has 1 aliphatic rings. The Hall–Kier alpha value is 0.690. The molecule has 0 aromatic heterocycles. The standard InChI is InChI=1S/C7H15Cl2N2O2P/c8-2-5-11(6-3-9)14(12)10-4-1-7-13-14/h1-7H2,(H,10,12)/i1D2,2D2,4D2,5D2/hD. The Bertz CT molecular complexity index is 503. The van der Waals surface area contributed by atoms with Crippen LogP contribution in [0.5, 0.6) is 0 Å². The zero-order valence-corrected chi connectivity index (χ0v) is 9.44. The highest BCUT2D eigenvalue weighted by molar-refractivity contribution is 7.54. The van der Waals surface area contributed by atoms with Gasteiger partial charge in [0, 0.05) is 42.2 Å². The van der Waals surface area contributed by atoms with Crippen molar-refractivity contribution in [2.24, 2.45) is 0 Å². The molecule has 1 N–H and O–H groups in total. The Morgan fingerprint density at radius 2 is 2.57 bits per heavy atom. The van der Waals surface area contributed by atoms with Gasteiger partial charge in [-0.15, -0.1) is 23.2 Å². The second kappa shape index (κ2) is 6.31. The number of nitrogens with one attached hydrogen (secondary N) is 1. The smallest absolute Gasteiger partial charge is 0.306 e. The zero-order chi connectivity index (χ0) is 18.5. The molecule has 14 heavy (non-hydrogen) atoms. The van der Waals surface area contributed by atoms with E-state index in [1.807, 2.05) is 0 Å². The summed E-state index contributed by atoms with van der Waals surface area (Å²) in [5, 5.41) is -0.309. The molecule has 7 heteroatoms. The van der Waals surface area contributed by atoms with Crippen molar-refractivity contribution < 1.29 is 21.5 Å². The number of halogens is 2. The highest BCUT2D eigenvalue weighted by Crippen LogP contribution is 2.47. The summed E-state index contributed by atoms with van der Waals surface area (Å²) < 4.78 is 86.2. The third kappa shape index (κ3) is 3.37. The Morgan fingerprint density at radius 1 is 1.79 bits per heavy atom. The van der Waals surface area contributed by atoms with E-state index >= 15 is 0 Å². The summed E-state index contributed by atoms with van der Waals surface area (Å²) in [5.74, 6) is -3.41. The molecule has 0 bridgehead atoms. The average Bonchev–Trinajstić information content (AvgIpc) is 2.38. The van der Waals surface area contributed by atoms with Gasteiger partial charge in [0.25, 0.3) is 0 Å². The molecule has 0 amide bonds. The first-order valence-electron chi connectivity index (χ1n) is 8.07. The lowest BCUT2D eigenvalue weighted by molar-refractivity contribution is 0.233. The molecule has 0 radical (unpaired) electrons. The molecule has 1 aliphatic heterocycles. The summed E-state index contributed by atoms with van der Waals surface area (Å²) >= 11 is 10.9. The lowest BCUT2D eigenvalue weighted by Gasteiger charge is -2.33. The lowest BCUT2D eigenvalue weighted by atomic mass is 10.5. The van der Waals surface area contributed by atoms with Gasteiger partial charge in [0.15, 0.2) is 0 Å². The van der Waals surface area contributed by atoms with Gasteiger partial charge in [0.1, 0.15) is 1.41 Å². The molecule has 1 heterocycles. The van der Waals surface area contributed by atoms with Gasteiger partial charge in [0.05, 0.1) is 6.61 Å². The van der Waals surface area contributed by atoms with Crippen LogP contribution in [0.3, 0.4) is 0 Å². The Balaban J connectivity index is 3.41. The van der Waals surface area contributed by atoms with E-state index in [1.54, 1.807) is 0 Å². The van der Waals surface area contributed by atoms with E-state index in [-0.39, 0.29) is 15.6 Å². The summed E-state index contributed by atoms with van der Waals surface area (Å²) in [7, 11) is -4.82. The predicted octanol–water partition coefficient (Wildman–Crippen LogP) is 1.88. The van der Waals surface area contributed by atoms with E-state index in [0.717, 1.165) is 0 Å². The number of alkyl halides is 2. The molecule has 0 aromatic carbocycles. The minimum absolute atomic E-state index is 0.236. The van der Waals surface area contributed by atoms with Gasteiger partial charge in [-0.1, -0.05) is 0 Å². The van der Waals surface area contributed by atoms with Crippen LogP contribution in [0.25, 0.3) is 0 Å². The van der Waals surface area contributed by atoms with Crippen molar-refractivity contribution in [1.29, 1.82) is 0 Å². The summed E-state index contributed by atoms with van der Waals surface area (Å²) in [6.45, 7) is -7.82. The van der Waals surface area contributed by atoms with E-state index in [1.165, 1.54) is 0 Å². The SMILES string of the molecule is [2H]N1C([2H])([2H])C([2H])([2H])COP1(=O)N(CCCl)C([2H])([2H])C([2H])([2H])Cl. The highest BCUT2D eigenvalue weighted by atomic mass is 35.5. The number of nitrogens with zero attached hydrogens (tertiary/aromatic N) is 1. The van der Waals surface area contributed by atoms with Gasteiger partial charge in [0.2, 0.25) is 0 Å². The minimum Gasteiger partial charge on any atom is -0.306 e. The molecule has 1 atom stereocenters. The summed E-state index contributed by atoms with van der Waals surface area (Å²) in [6, 6.07) is 0. The van der Waals surface area contributed by atoms with Gasteiger partial charge in [-0.05, 0) is 6.37 Å². The molecule has 1 unspecified atom stereocenters. The topological polar surface area (TPSA) is 41.6 Å². The quantitative estimate of drug-likeness (QED) is 0.612. The number of rotatable bonds is 5. The van der Waals surface area contributed by atoms with Crippen LogP contribution in [0.15, 0.2) is 0 Å². The van der Waals surface area contributed by atoms with Crippen LogP contribution in [0.2, 0.25) is 1.41 Å². The van der Waals surface area contributed by atoms with Crippen LogP contribution in [0.4, 0.5) is 0 Å². The first-order valence-corrected chi connectivity index (χ1v) is 6.07. The molecular formula is C7H15Cl2N2O2P. The van der Waals surface area contributed by atoms with Crippen molar-refractivity contribution in [3.05, 3.63) is 0 Å². The van der Waals surface area contributed by atoms with E-state index < -0.39 is 46.0 Å². The second-order valence-corrected chi connectivity index (χ2v) is 4.66. The van der Waals surface area contributed by atoms with Crippen LogP contribution in [-0.2, 0) is 9.09 Å². The molecule has 4 nitrogen and oxygen atoms in total. The third-order valence-electron chi connectivity index (χ3n) is 1.33. The Labute approximate surface area is 107 Å². The zero-order valence-electron chi connectivity index (χ0n) is 16.0. The second-order valence-electron chi connectivity index (χ2n) is 2.17. The molecular weight excluding hydrogens is 246 g/mol. The van der Waals surface area contributed by atoms with Crippen LogP contribution in [0, 0.1) is 0 Å². The lowest BCUT2D eigenvalue weighted by Crippen LogP contribution is -2.35. The summed E-state index contributed by atoms with van der Waals surface area (Å²) in [5.41, 5.74) is 0. The predicted molar refractivity (Wildman–Crippen MR) is 59.2 cm³/mol. The monoisotopic (exact) mass is 269 g/mol. The minimum atomic E-state index is -4.82. The number of hydrogen-bond acceptors (Lipinski definition) is 2. The normalized spacial score (nSPS) is 48.4. The Kier molecular flexibility index (Phi) is 2.21. The van der Waals surface area contributed by atoms with Gasteiger partial charge in [-0.2, -0.15) is 0 Å². The fraction of sp³-hybridized carbons (Fsp3) is 1.00. The molecule has 1 saturated heterocycles. The average molecular weight is 270 g/mol. The Morgan fingerprint density at radius 3 is 3.21 bits per heavy atom. The van der Waals surface area contributed by atoms with Crippen LogP contribution in [0.1, 0.15) is 17.3 Å². The first kappa shape index (κ1) is 4.91. The molecule has 84 valence electrons. The third-order valence-corrected chi connectivity index (χ3v) is 3.31. The maximum Gasteiger partial charge on any atom is 0.343 e. The fourth-order valence-corrected chi connectivity index (χ4v) is 2.49. The van der Waals surface area contributed by atoms with Crippen molar-refractivity contribution in [2.75, 3.05) is 37.9 Å². The van der Waals surface area contributed by atoms with Crippen LogP contribution >= 0.6 is 30.9 Å². The van der Waals surface area contributed by atoms with E-state index in [0.29, 0.717) is 0 Å². The van der Waals surface area contributed by atoms with Gasteiger partial charge in [-0.3, -0.25) is 4.57 Å². The van der Waals surface area contributed by atoms with Crippen molar-refractivity contribution in [3.8, 4) is 0 Å². The fourth-order valence-electron chi connectivity index (χ4n) is 0.774. The van der Waals surface area contributed by atoms with Gasteiger partial charge >= 0.3 is 7.67 Å². The molecule has 1 fully saturated rings. The summed E-state index contributed by atoms with van der Waals surface area (Å²) in [4.78, 5) is 0. The highest BCUT2D eigenvalue weighted by Gasteiger charge is 2.32. The van der Waals surface area contributed by atoms with Crippen LogP contribution < -0.4 is 5.08 Å². The molecule has 0 saturated carbocycles. The van der Waals surface area contributed by atoms with Crippen molar-refractivity contribution in [3.63, 3.8) is 0 Å². The van der Waals surface area contributed by atoms with E-state index in [4.69, 9.17) is 40.1 Å². The maximum absolute atomic E-state index is 13.0. The molecule has 0 aliphatic carbocycles. The van der Waals surface area contributed by atoms with Crippen LogP contribution in [-0.4, -0.2) is 42.5 Å². The van der Waals surface area contributed by atoms with Crippen molar-refractivity contribution in [2.45, 2.75) is 6.37 Å². The van der Waals surface area contributed by atoms with Gasteiger partial charge < -0.3 is 4.52 Å². The molecule has 0 spiro atoms. The molecule has 1 rings (SSSR count). The first-order chi connectivity index (χ1) is 10.1. The van der Waals surface area contributed by atoms with Crippen molar-refractivity contribution >= 4 is 30.9 Å². The van der Waals surface area contributed by atoms with Gasteiger partial charge in [-0.25, -0.2) is 9.75 Å². The van der Waals surface area contributed by atoms with E-state index in [9.17, 15) is 4.57 Å². The summed E-state index contributed by atoms with van der Waals surface area (Å²) in [6.07, 6.45) is -2.69.